The van der Waals surface area contributed by atoms with Crippen molar-refractivity contribution in [2.45, 2.75) is 6.42 Å². The van der Waals surface area contributed by atoms with Gasteiger partial charge in [-0.05, 0) is 48.9 Å². The summed E-state index contributed by atoms with van der Waals surface area (Å²) in [5.74, 6) is -1.10. The van der Waals surface area contributed by atoms with E-state index in [1.807, 2.05) is 0 Å². The summed E-state index contributed by atoms with van der Waals surface area (Å²) in [5.41, 5.74) is 1.45. The number of ether oxygens (including phenoxy) is 1. The van der Waals surface area contributed by atoms with Gasteiger partial charge < -0.3 is 10.1 Å². The maximum Gasteiger partial charge on any atom is 0.261 e. The quantitative estimate of drug-likeness (QED) is 0.624. The molecule has 0 unspecified atom stereocenters. The first-order chi connectivity index (χ1) is 12.5. The van der Waals surface area contributed by atoms with Gasteiger partial charge in [-0.3, -0.25) is 19.3 Å². The fourth-order valence-electron chi connectivity index (χ4n) is 2.74. The van der Waals surface area contributed by atoms with Crippen molar-refractivity contribution in [1.29, 1.82) is 0 Å². The molecule has 1 N–H and O–H groups in total. The van der Waals surface area contributed by atoms with Crippen molar-refractivity contribution in [3.63, 3.8) is 0 Å². The zero-order valence-corrected chi connectivity index (χ0v) is 14.9. The Morgan fingerprint density at radius 3 is 2.46 bits per heavy atom. The lowest BCUT2D eigenvalue weighted by atomic mass is 10.1. The molecule has 6 nitrogen and oxygen atoms in total. The highest BCUT2D eigenvalue weighted by Crippen LogP contribution is 2.25. The number of rotatable bonds is 6. The van der Waals surface area contributed by atoms with E-state index in [1.54, 1.807) is 31.4 Å². The zero-order valence-electron chi connectivity index (χ0n) is 14.1. The summed E-state index contributed by atoms with van der Waals surface area (Å²) >= 11 is 5.82. The summed E-state index contributed by atoms with van der Waals surface area (Å²) in [6.07, 6.45) is 0.561. The smallest absolute Gasteiger partial charge is 0.261 e. The number of fused-ring (bicyclic) bond motifs is 1. The third-order valence-electron chi connectivity index (χ3n) is 4.07. The topological polar surface area (TPSA) is 75.7 Å². The van der Waals surface area contributed by atoms with Crippen LogP contribution in [0, 0.1) is 0 Å². The Hall–Kier alpha value is -2.70. The molecule has 0 fully saturated rings. The Bertz CT molecular complexity index is 864. The predicted molar refractivity (Wildman–Crippen MR) is 97.7 cm³/mol. The van der Waals surface area contributed by atoms with Crippen LogP contribution in [0.2, 0.25) is 5.02 Å². The number of imide groups is 1. The van der Waals surface area contributed by atoms with Crippen molar-refractivity contribution in [2.24, 2.45) is 0 Å². The van der Waals surface area contributed by atoms with Gasteiger partial charge in [0, 0.05) is 36.5 Å². The van der Waals surface area contributed by atoms with Gasteiger partial charge >= 0.3 is 0 Å². The lowest BCUT2D eigenvalue weighted by Crippen LogP contribution is -2.31. The van der Waals surface area contributed by atoms with Crippen molar-refractivity contribution in [2.75, 3.05) is 25.6 Å². The van der Waals surface area contributed by atoms with Gasteiger partial charge in [0.2, 0.25) is 0 Å². The van der Waals surface area contributed by atoms with E-state index in [9.17, 15) is 14.4 Å². The van der Waals surface area contributed by atoms with E-state index < -0.39 is 0 Å². The van der Waals surface area contributed by atoms with Crippen molar-refractivity contribution >= 4 is 35.0 Å². The normalized spacial score (nSPS) is 13.1. The molecule has 1 aliphatic heterocycles. The third-order valence-corrected chi connectivity index (χ3v) is 4.32. The second-order valence-electron chi connectivity index (χ2n) is 5.83. The number of amides is 3. The van der Waals surface area contributed by atoms with Crippen molar-refractivity contribution in [3.05, 3.63) is 64.2 Å². The van der Waals surface area contributed by atoms with Gasteiger partial charge in [-0.1, -0.05) is 11.6 Å². The van der Waals surface area contributed by atoms with E-state index in [1.165, 1.54) is 23.1 Å². The third kappa shape index (κ3) is 3.61. The minimum Gasteiger partial charge on any atom is -0.385 e. The first kappa shape index (κ1) is 18.1. The average Bonchev–Trinajstić information content (AvgIpc) is 2.88. The number of nitrogens with one attached hydrogen (secondary N) is 1. The highest BCUT2D eigenvalue weighted by atomic mass is 35.5. The first-order valence-electron chi connectivity index (χ1n) is 8.07. The molecule has 3 amide bonds. The van der Waals surface area contributed by atoms with Crippen LogP contribution >= 0.6 is 11.6 Å². The Morgan fingerprint density at radius 2 is 1.77 bits per heavy atom. The number of carbonyl (C=O) groups excluding carboxylic acids is 3. The molecule has 0 saturated heterocycles. The Morgan fingerprint density at radius 1 is 1.08 bits per heavy atom. The molecule has 1 aliphatic rings. The van der Waals surface area contributed by atoms with Crippen LogP contribution in [-0.2, 0) is 4.74 Å². The van der Waals surface area contributed by atoms with Crippen LogP contribution in [0.15, 0.2) is 42.5 Å². The van der Waals surface area contributed by atoms with Gasteiger partial charge in [-0.25, -0.2) is 0 Å². The number of carbonyl (C=O) groups is 3. The van der Waals surface area contributed by atoms with Crippen LogP contribution in [0.5, 0.6) is 0 Å². The van der Waals surface area contributed by atoms with Crippen LogP contribution in [-0.4, -0.2) is 42.9 Å². The van der Waals surface area contributed by atoms with Crippen molar-refractivity contribution in [1.82, 2.24) is 4.90 Å². The number of halogens is 1. The molecular formula is C19H17ClN2O4. The molecule has 2 aromatic carbocycles. The minimum absolute atomic E-state index is 0.246. The zero-order chi connectivity index (χ0) is 18.7. The van der Waals surface area contributed by atoms with Crippen LogP contribution < -0.4 is 5.32 Å². The molecule has 26 heavy (non-hydrogen) atoms. The standard InChI is InChI=1S/C19H17ClN2O4/c1-26-10-2-9-22-18(24)15-8-3-12(11-16(15)19(22)25)17(23)21-14-6-4-13(20)5-7-14/h3-8,11H,2,9-10H2,1H3,(H,21,23). The summed E-state index contributed by atoms with van der Waals surface area (Å²) in [6.45, 7) is 0.745. The minimum atomic E-state index is -0.387. The highest BCUT2D eigenvalue weighted by molar-refractivity contribution is 6.30. The summed E-state index contributed by atoms with van der Waals surface area (Å²) in [7, 11) is 1.56. The summed E-state index contributed by atoms with van der Waals surface area (Å²) < 4.78 is 4.95. The molecule has 3 rings (SSSR count). The molecule has 7 heteroatoms. The van der Waals surface area contributed by atoms with Gasteiger partial charge in [0.25, 0.3) is 17.7 Å². The monoisotopic (exact) mass is 372 g/mol. The summed E-state index contributed by atoms with van der Waals surface area (Å²) in [4.78, 5) is 38.4. The Kier molecular flexibility index (Phi) is 5.35. The Balaban J connectivity index is 1.77. The average molecular weight is 373 g/mol. The lowest BCUT2D eigenvalue weighted by molar-refractivity contribution is 0.0638. The maximum absolute atomic E-state index is 12.5. The van der Waals surface area contributed by atoms with Gasteiger partial charge in [-0.15, -0.1) is 0 Å². The molecule has 0 saturated carbocycles. The van der Waals surface area contributed by atoms with E-state index in [0.29, 0.717) is 34.9 Å². The van der Waals surface area contributed by atoms with Gasteiger partial charge in [0.15, 0.2) is 0 Å². The van der Waals surface area contributed by atoms with E-state index in [-0.39, 0.29) is 29.8 Å². The number of nitrogens with zero attached hydrogens (tertiary/aromatic N) is 1. The number of hydrogen-bond donors (Lipinski definition) is 1. The summed E-state index contributed by atoms with van der Waals surface area (Å²) in [6, 6.07) is 11.2. The number of benzene rings is 2. The second-order valence-corrected chi connectivity index (χ2v) is 6.27. The largest absolute Gasteiger partial charge is 0.385 e. The molecule has 0 atom stereocenters. The van der Waals surface area contributed by atoms with E-state index in [0.717, 1.165) is 0 Å². The summed E-state index contributed by atoms with van der Waals surface area (Å²) in [5, 5.41) is 3.30. The molecule has 2 aromatic rings. The van der Waals surface area contributed by atoms with Gasteiger partial charge in [0.05, 0.1) is 11.1 Å². The lowest BCUT2D eigenvalue weighted by Gasteiger charge is -2.12. The number of methoxy groups -OCH3 is 1. The molecule has 1 heterocycles. The second kappa shape index (κ2) is 7.68. The van der Waals surface area contributed by atoms with Crippen LogP contribution in [0.1, 0.15) is 37.5 Å². The molecule has 0 spiro atoms. The van der Waals surface area contributed by atoms with Gasteiger partial charge in [0.1, 0.15) is 0 Å². The van der Waals surface area contributed by atoms with Crippen molar-refractivity contribution < 1.29 is 19.1 Å². The Labute approximate surface area is 155 Å². The van der Waals surface area contributed by atoms with Crippen LogP contribution in [0.4, 0.5) is 5.69 Å². The first-order valence-corrected chi connectivity index (χ1v) is 8.45. The van der Waals surface area contributed by atoms with Crippen LogP contribution in [0.25, 0.3) is 0 Å². The van der Waals surface area contributed by atoms with Gasteiger partial charge in [-0.2, -0.15) is 0 Å². The fourth-order valence-corrected chi connectivity index (χ4v) is 2.86. The molecule has 0 radical (unpaired) electrons. The molecule has 0 aromatic heterocycles. The maximum atomic E-state index is 12.5. The van der Waals surface area contributed by atoms with Crippen LogP contribution in [0.3, 0.4) is 0 Å². The predicted octanol–water partition coefficient (Wildman–Crippen LogP) is 3.22. The van der Waals surface area contributed by atoms with E-state index in [2.05, 4.69) is 5.32 Å². The molecule has 134 valence electrons. The highest BCUT2D eigenvalue weighted by Gasteiger charge is 2.35. The number of hydrogen-bond acceptors (Lipinski definition) is 4. The fraction of sp³-hybridized carbons (Fsp3) is 0.211. The van der Waals surface area contributed by atoms with E-state index >= 15 is 0 Å². The molecule has 0 aliphatic carbocycles. The molecule has 0 bridgehead atoms. The number of anilines is 1. The SMILES string of the molecule is COCCCN1C(=O)c2ccc(C(=O)Nc3ccc(Cl)cc3)cc2C1=O. The van der Waals surface area contributed by atoms with Crippen molar-refractivity contribution in [3.8, 4) is 0 Å². The molecular weight excluding hydrogens is 356 g/mol. The van der Waals surface area contributed by atoms with E-state index in [4.69, 9.17) is 16.3 Å².